The van der Waals surface area contributed by atoms with Crippen molar-refractivity contribution < 1.29 is 19.4 Å². The summed E-state index contributed by atoms with van der Waals surface area (Å²) in [7, 11) is 0. The molecule has 2 aliphatic heterocycles. The first-order chi connectivity index (χ1) is 13.8. The van der Waals surface area contributed by atoms with E-state index < -0.39 is 22.4 Å². The van der Waals surface area contributed by atoms with Crippen LogP contribution in [0.2, 0.25) is 0 Å². The van der Waals surface area contributed by atoms with E-state index in [1.54, 1.807) is 0 Å². The molecule has 0 aromatic carbocycles. The summed E-state index contributed by atoms with van der Waals surface area (Å²) in [6.45, 7) is 15.9. The molecule has 2 aromatic heterocycles. The quantitative estimate of drug-likeness (QED) is 0.720. The van der Waals surface area contributed by atoms with E-state index in [1.807, 2.05) is 91.8 Å². The molecule has 8 nitrogen and oxygen atoms in total. The third-order valence-electron chi connectivity index (χ3n) is 6.25. The van der Waals surface area contributed by atoms with Crippen molar-refractivity contribution in [1.29, 1.82) is 0 Å². The number of pyridine rings is 2. The minimum absolute atomic E-state index is 0.493. The Kier molecular flexibility index (Phi) is 4.63. The van der Waals surface area contributed by atoms with Gasteiger partial charge in [-0.3, -0.25) is 0 Å². The van der Waals surface area contributed by atoms with Gasteiger partial charge in [-0.2, -0.15) is 0 Å². The van der Waals surface area contributed by atoms with Crippen molar-refractivity contribution >= 4 is 11.6 Å². The molecule has 0 N–H and O–H groups in total. The molecular weight excluding hydrogens is 384 g/mol. The smallest absolute Gasteiger partial charge is 0.184 e. The van der Waals surface area contributed by atoms with E-state index in [0.29, 0.717) is 23.0 Å². The molecule has 2 aromatic rings. The van der Waals surface area contributed by atoms with E-state index in [2.05, 4.69) is 0 Å². The zero-order valence-electron chi connectivity index (χ0n) is 18.9. The van der Waals surface area contributed by atoms with Gasteiger partial charge in [-0.15, -0.1) is 10.5 Å². The fraction of sp³-hybridized carbons (Fsp3) is 0.545. The predicted molar refractivity (Wildman–Crippen MR) is 113 cm³/mol. The minimum Gasteiger partial charge on any atom is -0.238 e. The molecule has 2 saturated heterocycles. The van der Waals surface area contributed by atoms with Crippen molar-refractivity contribution in [3.63, 3.8) is 0 Å². The van der Waals surface area contributed by atoms with Gasteiger partial charge in [0.05, 0.1) is 11.4 Å². The molecule has 30 heavy (non-hydrogen) atoms. The van der Waals surface area contributed by atoms with Crippen molar-refractivity contribution in [3.8, 4) is 11.4 Å². The lowest BCUT2D eigenvalue weighted by Gasteiger charge is -2.26. The summed E-state index contributed by atoms with van der Waals surface area (Å²) in [6.07, 6.45) is 0. The number of anilines is 2. The van der Waals surface area contributed by atoms with E-state index in [0.717, 1.165) is 0 Å². The lowest BCUT2D eigenvalue weighted by Crippen LogP contribution is -2.41. The molecule has 8 heteroatoms. The van der Waals surface area contributed by atoms with Gasteiger partial charge in [0.15, 0.2) is 11.6 Å². The fourth-order valence-electron chi connectivity index (χ4n) is 2.83. The van der Waals surface area contributed by atoms with E-state index in [4.69, 9.17) is 29.3 Å². The molecule has 4 heterocycles. The monoisotopic (exact) mass is 414 g/mol. The second-order valence-electron chi connectivity index (χ2n) is 9.68. The average molecular weight is 415 g/mol. The Hall–Kier alpha value is -2.26. The van der Waals surface area contributed by atoms with Gasteiger partial charge in [-0.05, 0) is 79.7 Å². The normalized spacial score (nSPS) is 23.7. The van der Waals surface area contributed by atoms with Crippen LogP contribution in [0.25, 0.3) is 11.4 Å². The zero-order valence-corrected chi connectivity index (χ0v) is 18.9. The summed E-state index contributed by atoms with van der Waals surface area (Å²) in [5.41, 5.74) is -0.608. The summed E-state index contributed by atoms with van der Waals surface area (Å²) in [5, 5.41) is 2.76. The maximum absolute atomic E-state index is 5.97. The molecule has 0 spiro atoms. The van der Waals surface area contributed by atoms with Crippen molar-refractivity contribution in [2.75, 3.05) is 10.5 Å². The Morgan fingerprint density at radius 3 is 1.13 bits per heavy atom. The molecule has 0 bridgehead atoms. The number of hydrogen-bond donors (Lipinski definition) is 0. The second-order valence-corrected chi connectivity index (χ2v) is 9.68. The van der Waals surface area contributed by atoms with Crippen molar-refractivity contribution in [3.05, 3.63) is 36.4 Å². The number of hydrogen-bond acceptors (Lipinski definition) is 8. The van der Waals surface area contributed by atoms with Crippen LogP contribution in [-0.2, 0) is 19.4 Å². The van der Waals surface area contributed by atoms with E-state index in [1.165, 1.54) is 10.5 Å². The minimum atomic E-state index is -0.493. The first kappa shape index (κ1) is 21.0. The molecule has 162 valence electrons. The van der Waals surface area contributed by atoms with Crippen molar-refractivity contribution in [2.45, 2.75) is 77.8 Å². The number of aromatic nitrogens is 2. The molecule has 0 atom stereocenters. The highest BCUT2D eigenvalue weighted by Gasteiger charge is 2.51. The Bertz CT molecular complexity index is 848. The lowest BCUT2D eigenvalue weighted by atomic mass is 9.90. The summed E-state index contributed by atoms with van der Waals surface area (Å²) >= 11 is 0. The average Bonchev–Trinajstić information content (AvgIpc) is 3.02. The topological polar surface area (TPSA) is 69.2 Å². The van der Waals surface area contributed by atoms with Crippen LogP contribution in [-0.4, -0.2) is 32.4 Å². The number of nitrogens with zero attached hydrogens (tertiary/aromatic N) is 4. The van der Waals surface area contributed by atoms with E-state index >= 15 is 0 Å². The van der Waals surface area contributed by atoms with Gasteiger partial charge < -0.3 is 0 Å². The number of rotatable bonds is 3. The van der Waals surface area contributed by atoms with Crippen molar-refractivity contribution in [2.24, 2.45) is 0 Å². The highest BCUT2D eigenvalue weighted by atomic mass is 17.0. The van der Waals surface area contributed by atoms with Crippen LogP contribution in [0, 0.1) is 0 Å². The second kappa shape index (κ2) is 6.62. The Balaban J connectivity index is 1.61. The maximum atomic E-state index is 5.97. The third kappa shape index (κ3) is 3.43. The van der Waals surface area contributed by atoms with Gasteiger partial charge in [0.2, 0.25) is 0 Å². The molecule has 0 unspecified atom stereocenters. The zero-order chi connectivity index (χ0) is 21.9. The SMILES string of the molecule is CC1(C)ON(c2cccc(-c3cccc(N4OC(C)(C)C(C)(C)O4)n3)n2)OC1(C)C. The fourth-order valence-corrected chi connectivity index (χ4v) is 2.83. The van der Waals surface area contributed by atoms with Crippen LogP contribution in [0.15, 0.2) is 36.4 Å². The first-order valence-corrected chi connectivity index (χ1v) is 10.1. The molecule has 0 aliphatic carbocycles. The van der Waals surface area contributed by atoms with Crippen LogP contribution in [0.5, 0.6) is 0 Å². The van der Waals surface area contributed by atoms with Crippen molar-refractivity contribution in [1.82, 2.24) is 9.97 Å². The molecule has 0 saturated carbocycles. The Morgan fingerprint density at radius 1 is 0.533 bits per heavy atom. The van der Waals surface area contributed by atoms with Gasteiger partial charge in [0.1, 0.15) is 22.4 Å². The molecule has 0 radical (unpaired) electrons. The van der Waals surface area contributed by atoms with Crippen LogP contribution in [0.4, 0.5) is 11.6 Å². The highest BCUT2D eigenvalue weighted by molar-refractivity contribution is 5.59. The summed E-state index contributed by atoms with van der Waals surface area (Å²) in [4.78, 5) is 33.3. The lowest BCUT2D eigenvalue weighted by molar-refractivity contribution is -0.0297. The summed E-state index contributed by atoms with van der Waals surface area (Å²) in [5.74, 6) is 1.10. The van der Waals surface area contributed by atoms with Crippen LogP contribution in [0.3, 0.4) is 0 Å². The Labute approximate surface area is 177 Å². The van der Waals surface area contributed by atoms with Gasteiger partial charge in [0.25, 0.3) is 0 Å². The van der Waals surface area contributed by atoms with E-state index in [9.17, 15) is 0 Å². The predicted octanol–water partition coefficient (Wildman–Crippen LogP) is 4.62. The summed E-state index contributed by atoms with van der Waals surface area (Å²) in [6, 6.07) is 11.2. The molecule has 2 aliphatic rings. The molecule has 0 amide bonds. The van der Waals surface area contributed by atoms with Gasteiger partial charge in [-0.1, -0.05) is 12.1 Å². The Morgan fingerprint density at radius 2 is 0.833 bits per heavy atom. The standard InChI is InChI=1S/C22H30N4O4/c1-19(2)20(3,4)28-25(27-19)17-13-9-11-15(23-17)16-12-10-14-18(24-16)26-29-21(5,6)22(7,8)30-26/h9-14H,1-8H3. The van der Waals surface area contributed by atoms with Gasteiger partial charge in [-0.25, -0.2) is 29.3 Å². The highest BCUT2D eigenvalue weighted by Crippen LogP contribution is 2.41. The molecule has 4 rings (SSSR count). The van der Waals surface area contributed by atoms with Crippen LogP contribution < -0.4 is 10.5 Å². The van der Waals surface area contributed by atoms with Gasteiger partial charge in [0, 0.05) is 0 Å². The summed E-state index contributed by atoms with van der Waals surface area (Å²) < 4.78 is 0. The van der Waals surface area contributed by atoms with Crippen LogP contribution >= 0.6 is 0 Å². The van der Waals surface area contributed by atoms with Crippen LogP contribution in [0.1, 0.15) is 55.4 Å². The largest absolute Gasteiger partial charge is 0.238 e. The maximum Gasteiger partial charge on any atom is 0.184 e. The first-order valence-electron chi connectivity index (χ1n) is 10.1. The third-order valence-corrected chi connectivity index (χ3v) is 6.25. The molecule has 2 fully saturated rings. The van der Waals surface area contributed by atoms with E-state index in [-0.39, 0.29) is 0 Å². The molecular formula is C22H30N4O4. The van der Waals surface area contributed by atoms with Gasteiger partial charge >= 0.3 is 0 Å².